The van der Waals surface area contributed by atoms with Gasteiger partial charge in [-0.3, -0.25) is 0 Å². The summed E-state index contributed by atoms with van der Waals surface area (Å²) in [7, 11) is -4.27. The molecule has 0 aromatic heterocycles. The number of unbranched alkanes of at least 4 members (excludes halogenated alkanes) is 11. The van der Waals surface area contributed by atoms with Gasteiger partial charge >= 0.3 is 0 Å². The number of hydrogen-bond donors (Lipinski definition) is 0. The fraction of sp³-hybridized carbons (Fsp3) is 0.714. The molecule has 194 valence electrons. The van der Waals surface area contributed by atoms with Crippen LogP contribution in [0.3, 0.4) is 0 Å². The van der Waals surface area contributed by atoms with Gasteiger partial charge in [-0.15, -0.1) is 0 Å². The van der Waals surface area contributed by atoms with E-state index in [0.29, 0.717) is 0 Å². The van der Waals surface area contributed by atoms with Crippen LogP contribution in [0.4, 0.5) is 0 Å². The Balaban J connectivity index is 0.000000437. The van der Waals surface area contributed by atoms with Crippen LogP contribution in [0.15, 0.2) is 29.2 Å². The highest BCUT2D eigenvalue weighted by atomic mass is 79.9. The lowest BCUT2D eigenvalue weighted by Gasteiger charge is -2.32. The molecule has 34 heavy (non-hydrogen) atoms. The lowest BCUT2D eigenvalue weighted by molar-refractivity contribution is -0.910. The van der Waals surface area contributed by atoms with Crippen LogP contribution >= 0.6 is 15.9 Å². The Bertz CT molecular complexity index is 806. The van der Waals surface area contributed by atoms with Crippen molar-refractivity contribution in [2.45, 2.75) is 109 Å². The molecule has 0 unspecified atom stereocenters. The quantitative estimate of drug-likeness (QED) is 0.0970. The predicted molar refractivity (Wildman–Crippen MR) is 146 cm³/mol. The largest absolute Gasteiger partial charge is 0.744 e. The van der Waals surface area contributed by atoms with Gasteiger partial charge in [0, 0.05) is 28.8 Å². The highest BCUT2D eigenvalue weighted by Crippen LogP contribution is 2.21. The summed E-state index contributed by atoms with van der Waals surface area (Å²) >= 11 is 3.25. The molecule has 0 amide bonds. The number of likely N-dealkylation sites (tertiary alicyclic amines) is 1. The second kappa shape index (κ2) is 18.4. The van der Waals surface area contributed by atoms with Crippen molar-refractivity contribution < 1.29 is 17.5 Å². The van der Waals surface area contributed by atoms with E-state index in [2.05, 4.69) is 33.6 Å². The van der Waals surface area contributed by atoms with Crippen LogP contribution in [-0.4, -0.2) is 43.6 Å². The Morgan fingerprint density at radius 1 is 0.853 bits per heavy atom. The van der Waals surface area contributed by atoms with Gasteiger partial charge in [0.15, 0.2) is 0 Å². The van der Waals surface area contributed by atoms with Crippen molar-refractivity contribution in [1.29, 1.82) is 0 Å². The molecule has 0 N–H and O–H groups in total. The molecule has 0 saturated carbocycles. The molecule has 1 aliphatic heterocycles. The van der Waals surface area contributed by atoms with Crippen molar-refractivity contribution in [3.63, 3.8) is 0 Å². The topological polar surface area (TPSA) is 57.2 Å². The van der Waals surface area contributed by atoms with E-state index in [4.69, 9.17) is 0 Å². The van der Waals surface area contributed by atoms with Gasteiger partial charge in [-0.25, -0.2) is 8.42 Å². The van der Waals surface area contributed by atoms with Crippen molar-refractivity contribution in [2.24, 2.45) is 0 Å². The van der Waals surface area contributed by atoms with E-state index < -0.39 is 10.1 Å². The smallest absolute Gasteiger partial charge is 0.141 e. The summed E-state index contributed by atoms with van der Waals surface area (Å²) in [6, 6.07) is 5.78. The minimum atomic E-state index is -4.27. The number of halogens is 1. The van der Waals surface area contributed by atoms with Gasteiger partial charge in [0.1, 0.15) is 16.7 Å². The first-order chi connectivity index (χ1) is 16.3. The van der Waals surface area contributed by atoms with Gasteiger partial charge in [-0.1, -0.05) is 88.8 Å². The highest BCUT2D eigenvalue weighted by Gasteiger charge is 2.30. The van der Waals surface area contributed by atoms with Crippen LogP contribution in [0.5, 0.6) is 0 Å². The van der Waals surface area contributed by atoms with Gasteiger partial charge in [0.05, 0.1) is 24.5 Å². The highest BCUT2D eigenvalue weighted by molar-refractivity contribution is 9.12. The van der Waals surface area contributed by atoms with Crippen molar-refractivity contribution in [3.05, 3.63) is 29.8 Å². The maximum atomic E-state index is 10.4. The maximum Gasteiger partial charge on any atom is 0.141 e. The monoisotopic (exact) mass is 555 g/mol. The average Bonchev–Trinajstić information content (AvgIpc) is 3.27. The fourth-order valence-corrected chi connectivity index (χ4v) is 5.25. The summed E-state index contributed by atoms with van der Waals surface area (Å²) < 4.78 is 32.4. The Labute approximate surface area is 218 Å². The molecule has 1 saturated heterocycles. The zero-order valence-electron chi connectivity index (χ0n) is 21.5. The van der Waals surface area contributed by atoms with Gasteiger partial charge in [0.25, 0.3) is 0 Å². The molecule has 0 spiro atoms. The molecule has 0 aliphatic carbocycles. The second-order valence-corrected chi connectivity index (χ2v) is 11.6. The summed E-state index contributed by atoms with van der Waals surface area (Å²) in [6.07, 6.45) is 20.1. The number of quaternary nitrogens is 1. The lowest BCUT2D eigenvalue weighted by atomic mass is 10.1. The van der Waals surface area contributed by atoms with E-state index in [0.717, 1.165) is 12.1 Å². The molecule has 0 atom stereocenters. The number of benzene rings is 1. The molecule has 6 heteroatoms. The minimum absolute atomic E-state index is 0.178. The molecular formula is C28H46BrNO3S. The Kier molecular flexibility index (Phi) is 16.9. The SMILES string of the molecule is CCCCCCCCCCCCCC[N+]1(CC#CBr)CCCC1.Cc1ccc(S(=O)(=O)[O-])cc1. The second-order valence-electron chi connectivity index (χ2n) is 9.81. The fourth-order valence-electron chi connectivity index (χ4n) is 4.66. The maximum absolute atomic E-state index is 10.4. The zero-order chi connectivity index (χ0) is 25.1. The summed E-state index contributed by atoms with van der Waals surface area (Å²) in [5.74, 6) is 3.26. The average molecular weight is 557 g/mol. The molecule has 1 heterocycles. The van der Waals surface area contributed by atoms with E-state index in [1.807, 2.05) is 6.92 Å². The third-order valence-corrected chi connectivity index (χ3v) is 7.92. The van der Waals surface area contributed by atoms with Crippen LogP contribution in [-0.2, 0) is 10.1 Å². The van der Waals surface area contributed by atoms with Crippen molar-refractivity contribution >= 4 is 26.0 Å². The number of aryl methyl sites for hydroxylation is 1. The van der Waals surface area contributed by atoms with Crippen LogP contribution in [0.25, 0.3) is 0 Å². The third-order valence-electron chi connectivity index (χ3n) is 6.79. The standard InChI is InChI=1S/C21H39BrN.C7H8O3S/c1-2-3-4-5-6-7-8-9-10-11-12-13-18-23(21-16-17-22)19-14-15-20-23;1-6-2-4-7(5-3-6)11(8,9)10/h2-15,18-21H2,1H3;2-5H,1H3,(H,8,9,10)/q+1;/p-1. The number of hydrogen-bond acceptors (Lipinski definition) is 3. The molecule has 2 rings (SSSR count). The van der Waals surface area contributed by atoms with Crippen molar-refractivity contribution in [3.8, 4) is 10.8 Å². The minimum Gasteiger partial charge on any atom is -0.744 e. The van der Waals surface area contributed by atoms with E-state index in [1.54, 1.807) is 12.1 Å². The molecular weight excluding hydrogens is 510 g/mol. The number of rotatable bonds is 15. The first kappa shape index (κ1) is 31.2. The van der Waals surface area contributed by atoms with Crippen molar-refractivity contribution in [2.75, 3.05) is 26.2 Å². The molecule has 1 aromatic rings. The Hall–Kier alpha value is -0.870. The number of nitrogens with zero attached hydrogens (tertiary/aromatic N) is 1. The van der Waals surface area contributed by atoms with Gasteiger partial charge in [0.2, 0.25) is 0 Å². The summed E-state index contributed by atoms with van der Waals surface area (Å²) in [4.78, 5) is 2.73. The normalized spacial score (nSPS) is 14.7. The zero-order valence-corrected chi connectivity index (χ0v) is 23.9. The van der Waals surface area contributed by atoms with Crippen LogP contribution in [0, 0.1) is 17.7 Å². The Morgan fingerprint density at radius 2 is 1.32 bits per heavy atom. The van der Waals surface area contributed by atoms with Crippen LogP contribution in [0.2, 0.25) is 0 Å². The molecule has 0 radical (unpaired) electrons. The predicted octanol–water partition coefficient (Wildman–Crippen LogP) is 7.55. The summed E-state index contributed by atoms with van der Waals surface area (Å²) in [5.41, 5.74) is 0.928. The van der Waals surface area contributed by atoms with Crippen molar-refractivity contribution in [1.82, 2.24) is 0 Å². The molecule has 4 nitrogen and oxygen atoms in total. The van der Waals surface area contributed by atoms with Gasteiger partial charge in [-0.05, 0) is 42.6 Å². The molecule has 1 aliphatic rings. The van der Waals surface area contributed by atoms with Crippen LogP contribution < -0.4 is 0 Å². The van der Waals surface area contributed by atoms with Gasteiger partial charge in [-0.2, -0.15) is 0 Å². The van der Waals surface area contributed by atoms with Gasteiger partial charge < -0.3 is 9.04 Å². The lowest BCUT2D eigenvalue weighted by Crippen LogP contribution is -2.46. The van der Waals surface area contributed by atoms with E-state index in [9.17, 15) is 13.0 Å². The Morgan fingerprint density at radius 3 is 1.76 bits per heavy atom. The molecule has 1 aromatic carbocycles. The van der Waals surface area contributed by atoms with E-state index in [1.165, 1.54) is 126 Å². The first-order valence-corrected chi connectivity index (χ1v) is 15.5. The summed E-state index contributed by atoms with van der Waals surface area (Å²) in [6.45, 7) is 9.26. The van der Waals surface area contributed by atoms with E-state index >= 15 is 0 Å². The summed E-state index contributed by atoms with van der Waals surface area (Å²) in [5, 5.41) is 0. The molecule has 0 bridgehead atoms. The molecule has 1 fully saturated rings. The van der Waals surface area contributed by atoms with E-state index in [-0.39, 0.29) is 4.90 Å². The third kappa shape index (κ3) is 14.5. The van der Waals surface area contributed by atoms with Crippen LogP contribution in [0.1, 0.15) is 102 Å². The first-order valence-electron chi connectivity index (χ1n) is 13.3.